The second-order valence-electron chi connectivity index (χ2n) is 9.36. The van der Waals surface area contributed by atoms with Crippen molar-refractivity contribution < 1.29 is 22.4 Å². The Balaban J connectivity index is 2.04. The van der Waals surface area contributed by atoms with Crippen LogP contribution in [0.1, 0.15) is 30.9 Å². The van der Waals surface area contributed by atoms with Crippen molar-refractivity contribution in [2.24, 2.45) is 0 Å². The van der Waals surface area contributed by atoms with Gasteiger partial charge in [0.25, 0.3) is 0 Å². The molecule has 0 saturated heterocycles. The molecule has 3 rings (SSSR count). The maximum absolute atomic E-state index is 14.0. The summed E-state index contributed by atoms with van der Waals surface area (Å²) in [6.45, 7) is 1.76. The second kappa shape index (κ2) is 14.5. The van der Waals surface area contributed by atoms with Gasteiger partial charge < -0.3 is 10.2 Å². The molecule has 3 aromatic carbocycles. The van der Waals surface area contributed by atoms with Crippen LogP contribution in [0.2, 0.25) is 10.0 Å². The molecule has 7 nitrogen and oxygen atoms in total. The highest BCUT2D eigenvalue weighted by Crippen LogP contribution is 2.30. The zero-order chi connectivity index (χ0) is 29.3. The summed E-state index contributed by atoms with van der Waals surface area (Å²) in [5.74, 6) is -1.45. The van der Waals surface area contributed by atoms with Gasteiger partial charge in [-0.2, -0.15) is 0 Å². The van der Waals surface area contributed by atoms with Crippen LogP contribution in [0, 0.1) is 5.82 Å². The first-order chi connectivity index (χ1) is 19.0. The number of carbonyl (C=O) groups excluding carboxylic acids is 2. The molecule has 0 spiro atoms. The summed E-state index contributed by atoms with van der Waals surface area (Å²) in [7, 11) is -3.97. The van der Waals surface area contributed by atoms with Crippen LogP contribution in [0.15, 0.2) is 72.8 Å². The Morgan fingerprint density at radius 2 is 1.65 bits per heavy atom. The molecule has 0 radical (unpaired) electrons. The third-order valence-corrected chi connectivity index (χ3v) is 7.89. The molecule has 1 atom stereocenters. The van der Waals surface area contributed by atoms with Crippen molar-refractivity contribution in [3.8, 4) is 0 Å². The molecule has 2 amide bonds. The van der Waals surface area contributed by atoms with E-state index in [1.54, 1.807) is 0 Å². The summed E-state index contributed by atoms with van der Waals surface area (Å²) in [6.07, 6.45) is 2.78. The second-order valence-corrected chi connectivity index (χ2v) is 12.1. The van der Waals surface area contributed by atoms with Gasteiger partial charge in [0, 0.05) is 24.5 Å². The van der Waals surface area contributed by atoms with Crippen LogP contribution in [0.25, 0.3) is 0 Å². The van der Waals surface area contributed by atoms with Gasteiger partial charge in [-0.25, -0.2) is 12.8 Å². The number of amides is 2. The maximum atomic E-state index is 14.0. The van der Waals surface area contributed by atoms with E-state index in [1.165, 1.54) is 47.4 Å². The number of nitrogens with zero attached hydrogens (tertiary/aromatic N) is 2. The Hall–Kier alpha value is -3.14. The lowest BCUT2D eigenvalue weighted by atomic mass is 10.0. The minimum Gasteiger partial charge on any atom is -0.354 e. The fourth-order valence-corrected chi connectivity index (χ4v) is 5.55. The number of hydrogen-bond donors (Lipinski definition) is 1. The number of anilines is 1. The topological polar surface area (TPSA) is 86.8 Å². The van der Waals surface area contributed by atoms with E-state index in [2.05, 4.69) is 5.32 Å². The van der Waals surface area contributed by atoms with Crippen LogP contribution in [-0.2, 0) is 32.6 Å². The van der Waals surface area contributed by atoms with Crippen molar-refractivity contribution in [2.45, 2.75) is 38.8 Å². The molecule has 3 aromatic rings. The maximum Gasteiger partial charge on any atom is 0.244 e. The van der Waals surface area contributed by atoms with Crippen molar-refractivity contribution >= 4 is 50.7 Å². The van der Waals surface area contributed by atoms with Gasteiger partial charge in [0.15, 0.2) is 0 Å². The van der Waals surface area contributed by atoms with Gasteiger partial charge >= 0.3 is 0 Å². The minimum absolute atomic E-state index is 0.0500. The van der Waals surface area contributed by atoms with Crippen LogP contribution < -0.4 is 9.62 Å². The van der Waals surface area contributed by atoms with Gasteiger partial charge in [0.2, 0.25) is 21.8 Å². The van der Waals surface area contributed by atoms with E-state index in [0.717, 1.165) is 29.0 Å². The van der Waals surface area contributed by atoms with Gasteiger partial charge in [-0.05, 0) is 47.9 Å². The van der Waals surface area contributed by atoms with Crippen LogP contribution in [0.4, 0.5) is 10.1 Å². The summed E-state index contributed by atoms with van der Waals surface area (Å²) in [5.41, 5.74) is 1.47. The summed E-state index contributed by atoms with van der Waals surface area (Å²) in [4.78, 5) is 28.8. The molecule has 1 N–H and O–H groups in total. The number of halogens is 3. The fraction of sp³-hybridized carbons (Fsp3) is 0.310. The largest absolute Gasteiger partial charge is 0.354 e. The Bertz CT molecular complexity index is 1410. The lowest BCUT2D eigenvalue weighted by molar-refractivity contribution is -0.140. The number of hydrogen-bond acceptors (Lipinski definition) is 4. The van der Waals surface area contributed by atoms with E-state index in [1.807, 2.05) is 37.3 Å². The molecular weight excluding hydrogens is 576 g/mol. The van der Waals surface area contributed by atoms with Crippen LogP contribution in [0.3, 0.4) is 0 Å². The Morgan fingerprint density at radius 3 is 2.25 bits per heavy atom. The number of nitrogens with one attached hydrogen (secondary N) is 1. The quantitative estimate of drug-likeness (QED) is 0.262. The number of carbonyl (C=O) groups is 2. The van der Waals surface area contributed by atoms with Crippen LogP contribution >= 0.6 is 23.2 Å². The first-order valence-electron chi connectivity index (χ1n) is 12.8. The standard InChI is InChI=1S/C29H32Cl2FN3O4S/c1-3-4-16-33-29(37)27(17-21-8-6-5-7-9-21)34(19-22-10-13-24(32)14-11-22)28(36)20-35(40(2,38)39)26-15-12-23(30)18-25(26)31/h5-15,18,27H,3-4,16-17,19-20H2,1-2H3,(H,33,37)/t27-/m1/s1. The molecule has 0 aromatic heterocycles. The smallest absolute Gasteiger partial charge is 0.244 e. The summed E-state index contributed by atoms with van der Waals surface area (Å²) >= 11 is 12.3. The molecule has 0 fully saturated rings. The molecule has 214 valence electrons. The first-order valence-corrected chi connectivity index (χ1v) is 15.4. The number of unbranched alkanes of at least 4 members (excludes halogenated alkanes) is 1. The predicted molar refractivity (Wildman–Crippen MR) is 157 cm³/mol. The van der Waals surface area contributed by atoms with E-state index < -0.39 is 34.3 Å². The average molecular weight is 609 g/mol. The van der Waals surface area contributed by atoms with Crippen molar-refractivity contribution in [3.05, 3.63) is 99.8 Å². The Morgan fingerprint density at radius 1 is 0.975 bits per heavy atom. The van der Waals surface area contributed by atoms with Gasteiger partial charge in [-0.1, -0.05) is 79.0 Å². The zero-order valence-electron chi connectivity index (χ0n) is 22.3. The Kier molecular flexibility index (Phi) is 11.4. The third kappa shape index (κ3) is 8.94. The van der Waals surface area contributed by atoms with Gasteiger partial charge in [-0.15, -0.1) is 0 Å². The molecule has 0 saturated carbocycles. The molecular formula is C29H32Cl2FN3O4S. The SMILES string of the molecule is CCCCNC(=O)[C@@H](Cc1ccccc1)N(Cc1ccc(F)cc1)C(=O)CN(c1ccc(Cl)cc1Cl)S(C)(=O)=O. The highest BCUT2D eigenvalue weighted by molar-refractivity contribution is 7.92. The van der Waals surface area contributed by atoms with E-state index in [0.29, 0.717) is 17.1 Å². The van der Waals surface area contributed by atoms with Crippen molar-refractivity contribution in [1.29, 1.82) is 0 Å². The van der Waals surface area contributed by atoms with Gasteiger partial charge in [0.05, 0.1) is 17.0 Å². The number of rotatable bonds is 13. The van der Waals surface area contributed by atoms with Gasteiger partial charge in [-0.3, -0.25) is 13.9 Å². The first kappa shape index (κ1) is 31.4. The molecule has 0 aliphatic carbocycles. The molecule has 0 heterocycles. The van der Waals surface area contributed by atoms with Crippen LogP contribution in [-0.4, -0.2) is 50.5 Å². The minimum atomic E-state index is -3.97. The van der Waals surface area contributed by atoms with Gasteiger partial charge in [0.1, 0.15) is 18.4 Å². The van der Waals surface area contributed by atoms with E-state index in [9.17, 15) is 22.4 Å². The van der Waals surface area contributed by atoms with Crippen LogP contribution in [0.5, 0.6) is 0 Å². The van der Waals surface area contributed by atoms with Crippen molar-refractivity contribution in [3.63, 3.8) is 0 Å². The third-order valence-electron chi connectivity index (χ3n) is 6.22. The van der Waals surface area contributed by atoms with E-state index >= 15 is 0 Å². The highest BCUT2D eigenvalue weighted by atomic mass is 35.5. The lowest BCUT2D eigenvalue weighted by Gasteiger charge is -2.33. The number of benzene rings is 3. The number of sulfonamides is 1. The molecule has 0 aliphatic rings. The average Bonchev–Trinajstić information content (AvgIpc) is 2.90. The molecule has 0 bridgehead atoms. The zero-order valence-corrected chi connectivity index (χ0v) is 24.6. The molecule has 0 aliphatic heterocycles. The molecule has 11 heteroatoms. The summed E-state index contributed by atoms with van der Waals surface area (Å²) in [6, 6.07) is 18.1. The normalized spacial score (nSPS) is 12.0. The highest BCUT2D eigenvalue weighted by Gasteiger charge is 2.33. The molecule has 0 unspecified atom stereocenters. The Labute approximate surface area is 244 Å². The summed E-state index contributed by atoms with van der Waals surface area (Å²) < 4.78 is 40.2. The molecule has 40 heavy (non-hydrogen) atoms. The van der Waals surface area contributed by atoms with Crippen molar-refractivity contribution in [1.82, 2.24) is 10.2 Å². The monoisotopic (exact) mass is 607 g/mol. The lowest BCUT2D eigenvalue weighted by Crippen LogP contribution is -2.53. The predicted octanol–water partition coefficient (Wildman–Crippen LogP) is 5.45. The summed E-state index contributed by atoms with van der Waals surface area (Å²) in [5, 5.41) is 3.26. The van der Waals surface area contributed by atoms with E-state index in [-0.39, 0.29) is 29.6 Å². The van der Waals surface area contributed by atoms with Crippen molar-refractivity contribution in [2.75, 3.05) is 23.7 Å². The van der Waals surface area contributed by atoms with E-state index in [4.69, 9.17) is 23.2 Å². The fourth-order valence-electron chi connectivity index (χ4n) is 4.12.